The Balaban J connectivity index is 2.36. The SMILES string of the molecule is CC(N)c1c(F)cccc1N1CCCC(C)(C)C1. The van der Waals surface area contributed by atoms with Crippen molar-refractivity contribution in [3.05, 3.63) is 29.6 Å². The highest BCUT2D eigenvalue weighted by atomic mass is 19.1. The average Bonchev–Trinajstić information content (AvgIpc) is 2.26. The first-order valence-electron chi connectivity index (χ1n) is 6.70. The van der Waals surface area contributed by atoms with Gasteiger partial charge in [0.2, 0.25) is 0 Å². The van der Waals surface area contributed by atoms with Gasteiger partial charge in [0.1, 0.15) is 5.82 Å². The molecule has 2 nitrogen and oxygen atoms in total. The first-order valence-corrected chi connectivity index (χ1v) is 6.70. The van der Waals surface area contributed by atoms with Crippen molar-refractivity contribution in [3.63, 3.8) is 0 Å². The Kier molecular flexibility index (Phi) is 3.62. The van der Waals surface area contributed by atoms with Crippen LogP contribution in [0.15, 0.2) is 18.2 Å². The molecule has 1 aliphatic rings. The van der Waals surface area contributed by atoms with E-state index in [1.807, 2.05) is 13.0 Å². The lowest BCUT2D eigenvalue weighted by Gasteiger charge is -2.40. The lowest BCUT2D eigenvalue weighted by atomic mass is 9.83. The van der Waals surface area contributed by atoms with Crippen LogP contribution >= 0.6 is 0 Å². The van der Waals surface area contributed by atoms with Crippen molar-refractivity contribution in [2.45, 2.75) is 39.7 Å². The Labute approximate surface area is 109 Å². The molecule has 0 aliphatic carbocycles. The van der Waals surface area contributed by atoms with Crippen LogP contribution in [-0.4, -0.2) is 13.1 Å². The summed E-state index contributed by atoms with van der Waals surface area (Å²) in [6.07, 6.45) is 2.38. The summed E-state index contributed by atoms with van der Waals surface area (Å²) in [6.45, 7) is 8.34. The topological polar surface area (TPSA) is 29.3 Å². The van der Waals surface area contributed by atoms with Crippen molar-refractivity contribution < 1.29 is 4.39 Å². The molecule has 1 unspecified atom stereocenters. The third-order valence-electron chi connectivity index (χ3n) is 3.73. The van der Waals surface area contributed by atoms with Crippen LogP contribution in [-0.2, 0) is 0 Å². The summed E-state index contributed by atoms with van der Waals surface area (Å²) in [5, 5.41) is 0. The van der Waals surface area contributed by atoms with Gasteiger partial charge in [0.15, 0.2) is 0 Å². The standard InChI is InChI=1S/C15H23FN2/c1-11(17)14-12(16)6-4-7-13(14)18-9-5-8-15(2,3)10-18/h4,6-7,11H,5,8-10,17H2,1-3H3. The number of anilines is 1. The number of rotatable bonds is 2. The van der Waals surface area contributed by atoms with Crippen molar-refractivity contribution in [2.24, 2.45) is 11.1 Å². The second kappa shape index (κ2) is 4.88. The zero-order valence-corrected chi connectivity index (χ0v) is 11.5. The van der Waals surface area contributed by atoms with Crippen LogP contribution in [0.25, 0.3) is 0 Å². The normalized spacial score (nSPS) is 20.8. The van der Waals surface area contributed by atoms with Crippen molar-refractivity contribution >= 4 is 5.69 Å². The molecular weight excluding hydrogens is 227 g/mol. The van der Waals surface area contributed by atoms with E-state index < -0.39 is 0 Å². The van der Waals surface area contributed by atoms with Crippen molar-refractivity contribution in [1.82, 2.24) is 0 Å². The molecule has 18 heavy (non-hydrogen) atoms. The van der Waals surface area contributed by atoms with E-state index in [1.54, 1.807) is 6.07 Å². The molecule has 1 heterocycles. The van der Waals surface area contributed by atoms with Gasteiger partial charge in [-0.15, -0.1) is 0 Å². The van der Waals surface area contributed by atoms with E-state index >= 15 is 0 Å². The van der Waals surface area contributed by atoms with Gasteiger partial charge in [0.05, 0.1) is 0 Å². The maximum absolute atomic E-state index is 13.9. The van der Waals surface area contributed by atoms with E-state index in [1.165, 1.54) is 12.5 Å². The molecule has 0 bridgehead atoms. The molecule has 0 saturated carbocycles. The Hall–Kier alpha value is -1.09. The summed E-state index contributed by atoms with van der Waals surface area (Å²) in [5.41, 5.74) is 7.83. The fourth-order valence-electron chi connectivity index (χ4n) is 2.88. The Bertz CT molecular complexity index is 427. The molecule has 2 N–H and O–H groups in total. The minimum Gasteiger partial charge on any atom is -0.371 e. The van der Waals surface area contributed by atoms with E-state index in [9.17, 15) is 4.39 Å². The van der Waals surface area contributed by atoms with Gasteiger partial charge >= 0.3 is 0 Å². The lowest BCUT2D eigenvalue weighted by molar-refractivity contribution is 0.292. The van der Waals surface area contributed by atoms with Crippen LogP contribution in [0.2, 0.25) is 0 Å². The molecule has 0 radical (unpaired) electrons. The van der Waals surface area contributed by atoms with Crippen LogP contribution < -0.4 is 10.6 Å². The molecule has 0 aromatic heterocycles. The zero-order valence-electron chi connectivity index (χ0n) is 11.5. The van der Waals surface area contributed by atoms with Crippen molar-refractivity contribution in [2.75, 3.05) is 18.0 Å². The molecule has 0 spiro atoms. The van der Waals surface area contributed by atoms with Gasteiger partial charge in [-0.1, -0.05) is 19.9 Å². The van der Waals surface area contributed by atoms with Crippen LogP contribution in [0.5, 0.6) is 0 Å². The molecule has 0 amide bonds. The van der Waals surface area contributed by atoms with E-state index in [0.717, 1.165) is 25.2 Å². The van der Waals surface area contributed by atoms with Gasteiger partial charge in [-0.2, -0.15) is 0 Å². The van der Waals surface area contributed by atoms with Gasteiger partial charge in [0, 0.05) is 30.4 Å². The van der Waals surface area contributed by atoms with E-state index in [2.05, 4.69) is 18.7 Å². The molecule has 2 rings (SSSR count). The predicted octanol–water partition coefficient (Wildman–Crippen LogP) is 3.47. The minimum absolute atomic E-state index is 0.189. The second-order valence-electron chi connectivity index (χ2n) is 6.15. The lowest BCUT2D eigenvalue weighted by Crippen LogP contribution is -2.40. The van der Waals surface area contributed by atoms with E-state index in [4.69, 9.17) is 5.73 Å². The van der Waals surface area contributed by atoms with Crippen LogP contribution in [0.3, 0.4) is 0 Å². The minimum atomic E-state index is -0.272. The maximum atomic E-state index is 13.9. The third-order valence-corrected chi connectivity index (χ3v) is 3.73. The number of halogens is 1. The first kappa shape index (κ1) is 13.3. The quantitative estimate of drug-likeness (QED) is 0.870. The van der Waals surface area contributed by atoms with Crippen LogP contribution in [0, 0.1) is 11.2 Å². The highest BCUT2D eigenvalue weighted by molar-refractivity contribution is 5.56. The zero-order chi connectivity index (χ0) is 13.3. The van der Waals surface area contributed by atoms with Gasteiger partial charge in [-0.05, 0) is 37.3 Å². The highest BCUT2D eigenvalue weighted by Gasteiger charge is 2.28. The smallest absolute Gasteiger partial charge is 0.130 e. The third kappa shape index (κ3) is 2.66. The Morgan fingerprint density at radius 3 is 2.72 bits per heavy atom. The summed E-state index contributed by atoms with van der Waals surface area (Å²) in [4.78, 5) is 2.28. The average molecular weight is 250 g/mol. The predicted molar refractivity (Wildman–Crippen MR) is 74.2 cm³/mol. The molecule has 1 saturated heterocycles. The molecule has 1 aromatic carbocycles. The monoisotopic (exact) mass is 250 g/mol. The fraction of sp³-hybridized carbons (Fsp3) is 0.600. The molecule has 3 heteroatoms. The molecule has 100 valence electrons. The summed E-state index contributed by atoms with van der Waals surface area (Å²) >= 11 is 0. The second-order valence-corrected chi connectivity index (χ2v) is 6.15. The molecular formula is C15H23FN2. The van der Waals surface area contributed by atoms with Crippen molar-refractivity contribution in [1.29, 1.82) is 0 Å². The summed E-state index contributed by atoms with van der Waals surface area (Å²) in [5.74, 6) is -0.189. The van der Waals surface area contributed by atoms with E-state index in [-0.39, 0.29) is 11.9 Å². The van der Waals surface area contributed by atoms with Crippen molar-refractivity contribution in [3.8, 4) is 0 Å². The number of nitrogens with two attached hydrogens (primary N) is 1. The van der Waals surface area contributed by atoms with Gasteiger partial charge in [0.25, 0.3) is 0 Å². The summed E-state index contributed by atoms with van der Waals surface area (Å²) < 4.78 is 13.9. The number of piperidine rings is 1. The van der Waals surface area contributed by atoms with E-state index in [0.29, 0.717) is 11.0 Å². The molecule has 1 fully saturated rings. The first-order chi connectivity index (χ1) is 8.41. The van der Waals surface area contributed by atoms with Crippen LogP contribution in [0.1, 0.15) is 45.2 Å². The Morgan fingerprint density at radius 1 is 1.39 bits per heavy atom. The molecule has 1 aromatic rings. The summed E-state index contributed by atoms with van der Waals surface area (Å²) in [6, 6.07) is 4.99. The molecule has 1 atom stereocenters. The maximum Gasteiger partial charge on any atom is 0.130 e. The number of hydrogen-bond acceptors (Lipinski definition) is 2. The largest absolute Gasteiger partial charge is 0.371 e. The van der Waals surface area contributed by atoms with Gasteiger partial charge < -0.3 is 10.6 Å². The van der Waals surface area contributed by atoms with Gasteiger partial charge in [-0.25, -0.2) is 4.39 Å². The van der Waals surface area contributed by atoms with Crippen LogP contribution in [0.4, 0.5) is 10.1 Å². The fourth-order valence-corrected chi connectivity index (χ4v) is 2.88. The number of hydrogen-bond donors (Lipinski definition) is 1. The highest BCUT2D eigenvalue weighted by Crippen LogP contribution is 2.35. The van der Waals surface area contributed by atoms with Gasteiger partial charge in [-0.3, -0.25) is 0 Å². The Morgan fingerprint density at radius 2 is 2.11 bits per heavy atom. The summed E-state index contributed by atoms with van der Waals surface area (Å²) in [7, 11) is 0. The molecule has 1 aliphatic heterocycles. The number of nitrogens with zero attached hydrogens (tertiary/aromatic N) is 1. The number of benzene rings is 1.